The lowest BCUT2D eigenvalue weighted by molar-refractivity contribution is 0.482. The minimum absolute atomic E-state index is 0.336. The van der Waals surface area contributed by atoms with E-state index < -0.39 is 0 Å². The second-order valence-corrected chi connectivity index (χ2v) is 4.53. The first-order valence-corrected chi connectivity index (χ1v) is 5.96. The fourth-order valence-electron chi connectivity index (χ4n) is 2.66. The van der Waals surface area contributed by atoms with E-state index >= 15 is 0 Å². The van der Waals surface area contributed by atoms with Gasteiger partial charge in [0.15, 0.2) is 0 Å². The number of aromatic nitrogens is 1. The topological polar surface area (TPSA) is 36.0 Å². The van der Waals surface area contributed by atoms with Gasteiger partial charge in [0.2, 0.25) is 0 Å². The monoisotopic (exact) mass is 233 g/mol. The molecule has 0 amide bonds. The Hall–Kier alpha value is -2.48. The second-order valence-electron chi connectivity index (χ2n) is 4.53. The summed E-state index contributed by atoms with van der Waals surface area (Å²) >= 11 is 0. The van der Waals surface area contributed by atoms with Crippen LogP contribution in [0.25, 0.3) is 32.6 Å². The largest absolute Gasteiger partial charge is 0.507 e. The summed E-state index contributed by atoms with van der Waals surface area (Å²) in [7, 11) is 0. The predicted molar refractivity (Wildman–Crippen MR) is 75.0 cm³/mol. The van der Waals surface area contributed by atoms with E-state index in [1.165, 1.54) is 0 Å². The first-order valence-electron chi connectivity index (χ1n) is 5.96. The molecule has 4 rings (SSSR count). The Balaban J connectivity index is 2.36. The molecule has 0 fully saturated rings. The Morgan fingerprint density at radius 1 is 0.722 bits per heavy atom. The fourth-order valence-corrected chi connectivity index (χ4v) is 2.66. The van der Waals surface area contributed by atoms with E-state index in [0.717, 1.165) is 32.6 Å². The number of phenolic OH excluding ortho intramolecular Hbond substituents is 1. The lowest BCUT2D eigenvalue weighted by atomic mass is 10.0. The Morgan fingerprint density at radius 2 is 1.39 bits per heavy atom. The number of rotatable bonds is 0. The third-order valence-corrected chi connectivity index (χ3v) is 3.50. The Labute approximate surface area is 103 Å². The van der Waals surface area contributed by atoms with Gasteiger partial charge in [0.05, 0.1) is 5.52 Å². The average Bonchev–Trinajstić information content (AvgIpc) is 2.78. The molecule has 1 aromatic heterocycles. The molecule has 0 spiro atoms. The molecule has 0 unspecified atom stereocenters. The van der Waals surface area contributed by atoms with Crippen molar-refractivity contribution in [2.75, 3.05) is 0 Å². The molecule has 3 aromatic carbocycles. The number of nitrogens with one attached hydrogen (secondary N) is 1. The van der Waals surface area contributed by atoms with Crippen molar-refractivity contribution in [1.82, 2.24) is 4.98 Å². The van der Waals surface area contributed by atoms with Gasteiger partial charge in [-0.1, -0.05) is 42.5 Å². The smallest absolute Gasteiger partial charge is 0.124 e. The SMILES string of the molecule is Oc1cc2c3ccccc3[nH]c2c2ccccc12. The van der Waals surface area contributed by atoms with Crippen LogP contribution >= 0.6 is 0 Å². The highest BCUT2D eigenvalue weighted by Gasteiger charge is 2.09. The maximum absolute atomic E-state index is 10.1. The molecule has 2 nitrogen and oxygen atoms in total. The molecule has 2 heteroatoms. The minimum Gasteiger partial charge on any atom is -0.507 e. The Morgan fingerprint density at radius 3 is 2.22 bits per heavy atom. The second kappa shape index (κ2) is 3.26. The van der Waals surface area contributed by atoms with Crippen LogP contribution in [-0.4, -0.2) is 10.1 Å². The summed E-state index contributed by atoms with van der Waals surface area (Å²) in [5.74, 6) is 0.336. The summed E-state index contributed by atoms with van der Waals surface area (Å²) in [4.78, 5) is 3.44. The molecular formula is C16H11NO. The first kappa shape index (κ1) is 9.54. The van der Waals surface area contributed by atoms with Crippen molar-refractivity contribution >= 4 is 32.6 Å². The Kier molecular flexibility index (Phi) is 1.73. The normalized spacial score (nSPS) is 11.6. The van der Waals surface area contributed by atoms with Crippen LogP contribution in [-0.2, 0) is 0 Å². The fraction of sp³-hybridized carbons (Fsp3) is 0. The molecule has 4 aromatic rings. The van der Waals surface area contributed by atoms with Gasteiger partial charge < -0.3 is 10.1 Å². The summed E-state index contributed by atoms with van der Waals surface area (Å²) in [5, 5.41) is 14.3. The molecule has 0 saturated carbocycles. The highest BCUT2D eigenvalue weighted by molar-refractivity contribution is 6.18. The number of hydrogen-bond donors (Lipinski definition) is 2. The quantitative estimate of drug-likeness (QED) is 0.469. The molecule has 0 aliphatic heterocycles. The summed E-state index contributed by atoms with van der Waals surface area (Å²) in [6.07, 6.45) is 0. The first-order chi connectivity index (χ1) is 8.84. The highest BCUT2D eigenvalue weighted by Crippen LogP contribution is 2.36. The van der Waals surface area contributed by atoms with Crippen LogP contribution in [0.4, 0.5) is 0 Å². The van der Waals surface area contributed by atoms with Gasteiger partial charge in [0.25, 0.3) is 0 Å². The van der Waals surface area contributed by atoms with E-state index in [9.17, 15) is 5.11 Å². The molecule has 0 aliphatic carbocycles. The molecule has 0 atom stereocenters. The van der Waals surface area contributed by atoms with Crippen LogP contribution in [0.1, 0.15) is 0 Å². The molecule has 18 heavy (non-hydrogen) atoms. The van der Waals surface area contributed by atoms with Crippen molar-refractivity contribution in [3.8, 4) is 5.75 Å². The van der Waals surface area contributed by atoms with E-state index in [1.807, 2.05) is 42.5 Å². The molecule has 0 radical (unpaired) electrons. The molecule has 2 N–H and O–H groups in total. The van der Waals surface area contributed by atoms with Gasteiger partial charge in [-0.2, -0.15) is 0 Å². The number of aromatic hydroxyl groups is 1. The van der Waals surface area contributed by atoms with Gasteiger partial charge in [-0.05, 0) is 12.1 Å². The van der Waals surface area contributed by atoms with E-state index in [1.54, 1.807) is 0 Å². The van der Waals surface area contributed by atoms with Crippen molar-refractivity contribution in [2.24, 2.45) is 0 Å². The zero-order valence-corrected chi connectivity index (χ0v) is 9.64. The molecular weight excluding hydrogens is 222 g/mol. The van der Waals surface area contributed by atoms with Crippen LogP contribution in [0.3, 0.4) is 0 Å². The van der Waals surface area contributed by atoms with Gasteiger partial charge in [-0.25, -0.2) is 0 Å². The molecule has 86 valence electrons. The zero-order valence-electron chi connectivity index (χ0n) is 9.64. The van der Waals surface area contributed by atoms with Crippen molar-refractivity contribution in [1.29, 1.82) is 0 Å². The number of fused-ring (bicyclic) bond motifs is 5. The maximum Gasteiger partial charge on any atom is 0.124 e. The van der Waals surface area contributed by atoms with Gasteiger partial charge >= 0.3 is 0 Å². The van der Waals surface area contributed by atoms with Crippen LogP contribution in [0.15, 0.2) is 54.6 Å². The standard InChI is InChI=1S/C16H11NO/c18-15-9-13-10-5-3-4-8-14(10)17-16(13)12-7-2-1-6-11(12)15/h1-9,17-18H. The summed E-state index contributed by atoms with van der Waals surface area (Å²) in [6, 6.07) is 17.9. The van der Waals surface area contributed by atoms with Crippen molar-refractivity contribution < 1.29 is 5.11 Å². The number of para-hydroxylation sites is 1. The molecule has 0 aliphatic rings. The molecule has 0 bridgehead atoms. The lowest BCUT2D eigenvalue weighted by Crippen LogP contribution is -1.76. The van der Waals surface area contributed by atoms with Crippen LogP contribution in [0.5, 0.6) is 5.75 Å². The van der Waals surface area contributed by atoms with E-state index in [-0.39, 0.29) is 0 Å². The number of aromatic amines is 1. The third kappa shape index (κ3) is 1.12. The number of phenols is 1. The highest BCUT2D eigenvalue weighted by atomic mass is 16.3. The van der Waals surface area contributed by atoms with Crippen LogP contribution in [0.2, 0.25) is 0 Å². The zero-order chi connectivity index (χ0) is 12.1. The lowest BCUT2D eigenvalue weighted by Gasteiger charge is -2.02. The summed E-state index contributed by atoms with van der Waals surface area (Å²) in [5.41, 5.74) is 2.19. The van der Waals surface area contributed by atoms with Gasteiger partial charge in [-0.3, -0.25) is 0 Å². The average molecular weight is 233 g/mol. The third-order valence-electron chi connectivity index (χ3n) is 3.50. The van der Waals surface area contributed by atoms with Gasteiger partial charge in [0, 0.05) is 27.1 Å². The predicted octanol–water partition coefficient (Wildman–Crippen LogP) is 4.18. The van der Waals surface area contributed by atoms with Gasteiger partial charge in [0.1, 0.15) is 5.75 Å². The summed E-state index contributed by atoms with van der Waals surface area (Å²) in [6.45, 7) is 0. The molecule has 1 heterocycles. The van der Waals surface area contributed by atoms with Gasteiger partial charge in [-0.15, -0.1) is 0 Å². The van der Waals surface area contributed by atoms with E-state index in [4.69, 9.17) is 0 Å². The van der Waals surface area contributed by atoms with Crippen molar-refractivity contribution in [3.63, 3.8) is 0 Å². The number of benzene rings is 3. The van der Waals surface area contributed by atoms with E-state index in [0.29, 0.717) is 5.75 Å². The minimum atomic E-state index is 0.336. The number of hydrogen-bond acceptors (Lipinski definition) is 1. The van der Waals surface area contributed by atoms with Crippen molar-refractivity contribution in [3.05, 3.63) is 54.6 Å². The Bertz CT molecular complexity index is 889. The molecule has 0 saturated heterocycles. The summed E-state index contributed by atoms with van der Waals surface area (Å²) < 4.78 is 0. The van der Waals surface area contributed by atoms with Crippen molar-refractivity contribution in [2.45, 2.75) is 0 Å². The number of H-pyrrole nitrogens is 1. The van der Waals surface area contributed by atoms with E-state index in [2.05, 4.69) is 17.1 Å². The maximum atomic E-state index is 10.1. The van der Waals surface area contributed by atoms with Crippen LogP contribution < -0.4 is 0 Å². The van der Waals surface area contributed by atoms with Crippen LogP contribution in [0, 0.1) is 0 Å².